The molecule has 0 unspecified atom stereocenters. The van der Waals surface area contributed by atoms with Gasteiger partial charge in [0, 0.05) is 23.8 Å². The SMILES string of the molecule is CC(C)(C(=O)OCCCCO[N+](=O)[O-])c1cc(O)c([C@H]2CC(=O)[C@H]3C[C@@H]2C3(C)C)c(O)c1. The molecule has 9 heteroatoms. The number of hydrogen-bond acceptors (Lipinski definition) is 8. The van der Waals surface area contributed by atoms with Crippen molar-refractivity contribution in [1.82, 2.24) is 0 Å². The molecule has 0 heterocycles. The van der Waals surface area contributed by atoms with E-state index in [1.807, 2.05) is 0 Å². The fraction of sp³-hybridized carbons (Fsp3) is 0.652. The number of rotatable bonds is 9. The lowest BCUT2D eigenvalue weighted by Crippen LogP contribution is -2.56. The summed E-state index contributed by atoms with van der Waals surface area (Å²) < 4.78 is 5.29. The number of fused-ring (bicyclic) bond motifs is 2. The molecule has 9 nitrogen and oxygen atoms in total. The molecular weight excluding hydrogens is 418 g/mol. The van der Waals surface area contributed by atoms with Crippen LogP contribution in [0.4, 0.5) is 0 Å². The van der Waals surface area contributed by atoms with Crippen molar-refractivity contribution in [2.75, 3.05) is 13.2 Å². The van der Waals surface area contributed by atoms with Crippen LogP contribution < -0.4 is 0 Å². The second-order valence-electron chi connectivity index (χ2n) is 9.95. The second kappa shape index (κ2) is 8.60. The fourth-order valence-corrected chi connectivity index (χ4v) is 5.16. The van der Waals surface area contributed by atoms with Crippen LogP contribution in [-0.4, -0.2) is 40.3 Å². The molecule has 3 aliphatic rings. The number of aromatic hydroxyl groups is 2. The van der Waals surface area contributed by atoms with Crippen molar-refractivity contribution in [3.05, 3.63) is 33.4 Å². The number of nitrogens with zero attached hydrogens (tertiary/aromatic N) is 1. The lowest BCUT2D eigenvalue weighted by molar-refractivity contribution is -0.757. The van der Waals surface area contributed by atoms with Crippen LogP contribution in [0.3, 0.4) is 0 Å². The molecule has 1 aromatic carbocycles. The lowest BCUT2D eigenvalue weighted by atomic mass is 9.44. The van der Waals surface area contributed by atoms with E-state index in [0.29, 0.717) is 30.4 Å². The van der Waals surface area contributed by atoms with Gasteiger partial charge in [0.25, 0.3) is 5.09 Å². The number of phenolic OH excluding ortho intramolecular Hbond substituents is 2. The van der Waals surface area contributed by atoms with Gasteiger partial charge in [-0.15, -0.1) is 10.1 Å². The summed E-state index contributed by atoms with van der Waals surface area (Å²) in [6.07, 6.45) is 1.83. The third kappa shape index (κ3) is 4.25. The van der Waals surface area contributed by atoms with Crippen molar-refractivity contribution in [3.63, 3.8) is 0 Å². The van der Waals surface area contributed by atoms with Gasteiger partial charge in [-0.2, -0.15) is 0 Å². The van der Waals surface area contributed by atoms with Gasteiger partial charge in [0.2, 0.25) is 0 Å². The van der Waals surface area contributed by atoms with E-state index >= 15 is 0 Å². The molecule has 32 heavy (non-hydrogen) atoms. The average molecular weight is 450 g/mol. The molecule has 176 valence electrons. The van der Waals surface area contributed by atoms with Crippen molar-refractivity contribution >= 4 is 11.8 Å². The topological polar surface area (TPSA) is 136 Å². The smallest absolute Gasteiger partial charge is 0.315 e. The fourth-order valence-electron chi connectivity index (χ4n) is 5.16. The zero-order chi connectivity index (χ0) is 23.8. The summed E-state index contributed by atoms with van der Waals surface area (Å²) in [5, 5.41) is 30.8. The molecule has 3 atom stereocenters. The van der Waals surface area contributed by atoms with Crippen molar-refractivity contribution < 1.29 is 34.5 Å². The highest BCUT2D eigenvalue weighted by atomic mass is 16.9. The predicted octanol–water partition coefficient (Wildman–Crippen LogP) is 3.63. The van der Waals surface area contributed by atoms with Crippen LogP contribution in [-0.2, 0) is 24.6 Å². The van der Waals surface area contributed by atoms with Crippen LogP contribution >= 0.6 is 0 Å². The first-order valence-electron chi connectivity index (χ1n) is 10.9. The Morgan fingerprint density at radius 1 is 1.22 bits per heavy atom. The molecule has 3 fully saturated rings. The molecular formula is C23H31NO8. The van der Waals surface area contributed by atoms with Gasteiger partial charge in [0.15, 0.2) is 0 Å². The number of phenols is 2. The van der Waals surface area contributed by atoms with Crippen LogP contribution in [0.2, 0.25) is 0 Å². The Morgan fingerprint density at radius 2 is 1.81 bits per heavy atom. The summed E-state index contributed by atoms with van der Waals surface area (Å²) in [5.41, 5.74) is -0.543. The predicted molar refractivity (Wildman–Crippen MR) is 114 cm³/mol. The van der Waals surface area contributed by atoms with Gasteiger partial charge in [0.1, 0.15) is 17.3 Å². The highest BCUT2D eigenvalue weighted by molar-refractivity contribution is 5.86. The highest BCUT2D eigenvalue weighted by Gasteiger charge is 2.59. The molecule has 0 aliphatic heterocycles. The van der Waals surface area contributed by atoms with Crippen LogP contribution in [0.25, 0.3) is 0 Å². The van der Waals surface area contributed by atoms with Gasteiger partial charge in [-0.25, -0.2) is 0 Å². The Hall–Kier alpha value is -2.84. The lowest BCUT2D eigenvalue weighted by Gasteiger charge is -2.59. The van der Waals surface area contributed by atoms with Crippen molar-refractivity contribution in [2.45, 2.75) is 64.7 Å². The minimum atomic E-state index is -1.14. The third-order valence-electron chi connectivity index (χ3n) is 7.35. The standard InChI is InChI=1S/C23H31NO8/c1-22(2,21(28)31-7-5-6-8-32-24(29)30)13-9-18(26)20(19(27)10-13)14-11-17(25)16-12-15(14)23(16,3)4/h9-10,14-16,26-27H,5-8,11-12H2,1-4H3/t14-,15-,16+/m0/s1. The van der Waals surface area contributed by atoms with Crippen molar-refractivity contribution in [3.8, 4) is 11.5 Å². The Balaban J connectivity index is 1.70. The molecule has 2 bridgehead atoms. The van der Waals surface area contributed by atoms with Crippen molar-refractivity contribution in [2.24, 2.45) is 17.3 Å². The number of esters is 1. The Kier molecular flexibility index (Phi) is 6.40. The summed E-state index contributed by atoms with van der Waals surface area (Å²) in [5.74, 6) is -0.647. The number of unbranched alkanes of at least 4 members (excludes halogenated alkanes) is 1. The third-order valence-corrected chi connectivity index (χ3v) is 7.35. The normalized spacial score (nSPS) is 23.9. The second-order valence-corrected chi connectivity index (χ2v) is 9.95. The maximum atomic E-state index is 12.6. The molecule has 3 aliphatic carbocycles. The van der Waals surface area contributed by atoms with E-state index in [-0.39, 0.29) is 53.7 Å². The maximum Gasteiger partial charge on any atom is 0.315 e. The number of carbonyl (C=O) groups is 2. The van der Waals surface area contributed by atoms with Crippen LogP contribution in [0.1, 0.15) is 70.4 Å². The quantitative estimate of drug-likeness (QED) is 0.252. The number of ketones is 1. The molecule has 0 radical (unpaired) electrons. The van der Waals surface area contributed by atoms with E-state index in [1.165, 1.54) is 12.1 Å². The number of benzene rings is 1. The van der Waals surface area contributed by atoms with E-state index in [4.69, 9.17) is 4.74 Å². The first-order valence-corrected chi connectivity index (χ1v) is 10.9. The molecule has 0 spiro atoms. The number of hydrogen-bond donors (Lipinski definition) is 2. The summed E-state index contributed by atoms with van der Waals surface area (Å²) in [6, 6.07) is 2.92. The minimum Gasteiger partial charge on any atom is -0.508 e. The number of Topliss-reactive ketones (excluding diaryl/α,β-unsaturated/α-hetero) is 1. The zero-order valence-corrected chi connectivity index (χ0v) is 18.9. The van der Waals surface area contributed by atoms with Crippen LogP contribution in [0.5, 0.6) is 11.5 Å². The van der Waals surface area contributed by atoms with E-state index in [1.54, 1.807) is 13.8 Å². The Bertz CT molecular complexity index is 900. The molecule has 1 aromatic rings. The van der Waals surface area contributed by atoms with Crippen LogP contribution in [0, 0.1) is 27.4 Å². The molecule has 0 amide bonds. The van der Waals surface area contributed by atoms with Gasteiger partial charge >= 0.3 is 5.97 Å². The summed E-state index contributed by atoms with van der Waals surface area (Å²) in [6.45, 7) is 7.37. The van der Waals surface area contributed by atoms with E-state index in [2.05, 4.69) is 18.7 Å². The number of ether oxygens (including phenoxy) is 1. The van der Waals surface area contributed by atoms with Crippen LogP contribution in [0.15, 0.2) is 12.1 Å². The molecule has 3 saturated carbocycles. The van der Waals surface area contributed by atoms with E-state index in [0.717, 1.165) is 6.42 Å². The summed E-state index contributed by atoms with van der Waals surface area (Å²) >= 11 is 0. The Morgan fingerprint density at radius 3 is 2.34 bits per heavy atom. The average Bonchev–Trinajstić information content (AvgIpc) is 2.68. The maximum absolute atomic E-state index is 12.6. The zero-order valence-electron chi connectivity index (χ0n) is 18.9. The van der Waals surface area contributed by atoms with E-state index < -0.39 is 16.5 Å². The highest BCUT2D eigenvalue weighted by Crippen LogP contribution is 2.64. The largest absolute Gasteiger partial charge is 0.508 e. The molecule has 2 N–H and O–H groups in total. The molecule has 0 saturated heterocycles. The molecule has 0 aromatic heterocycles. The minimum absolute atomic E-state index is 0.0483. The monoisotopic (exact) mass is 449 g/mol. The van der Waals surface area contributed by atoms with Gasteiger partial charge in [-0.1, -0.05) is 13.8 Å². The Labute approximate surface area is 186 Å². The van der Waals surface area contributed by atoms with Gasteiger partial charge < -0.3 is 19.8 Å². The summed E-state index contributed by atoms with van der Waals surface area (Å²) in [7, 11) is 0. The molecule has 4 rings (SSSR count). The van der Waals surface area contributed by atoms with Gasteiger partial charge in [-0.3, -0.25) is 9.59 Å². The number of carbonyl (C=O) groups excluding carboxylic acids is 2. The van der Waals surface area contributed by atoms with Gasteiger partial charge in [-0.05, 0) is 62.1 Å². The van der Waals surface area contributed by atoms with Crippen molar-refractivity contribution in [1.29, 1.82) is 0 Å². The van der Waals surface area contributed by atoms with E-state index in [9.17, 15) is 29.9 Å². The first kappa shape index (κ1) is 23.8. The summed E-state index contributed by atoms with van der Waals surface area (Å²) in [4.78, 5) is 39.5. The van der Waals surface area contributed by atoms with Gasteiger partial charge in [0.05, 0.1) is 18.6 Å². The first-order chi connectivity index (χ1) is 14.9.